The molecule has 0 bridgehead atoms. The van der Waals surface area contributed by atoms with Gasteiger partial charge in [-0.15, -0.1) is 0 Å². The number of nitrogens with zero attached hydrogens (tertiary/aromatic N) is 2. The highest BCUT2D eigenvalue weighted by Gasteiger charge is 2.15. The van der Waals surface area contributed by atoms with Gasteiger partial charge in [-0.2, -0.15) is 0 Å². The number of thiophene rings is 1. The first-order chi connectivity index (χ1) is 8.90. The zero-order valence-corrected chi connectivity index (χ0v) is 11.9. The summed E-state index contributed by atoms with van der Waals surface area (Å²) in [7, 11) is 0. The van der Waals surface area contributed by atoms with E-state index in [-0.39, 0.29) is 17.5 Å². The molecule has 1 aromatic heterocycles. The van der Waals surface area contributed by atoms with E-state index in [9.17, 15) is 14.9 Å². The van der Waals surface area contributed by atoms with Crippen molar-refractivity contribution < 1.29 is 14.8 Å². The van der Waals surface area contributed by atoms with Gasteiger partial charge in [-0.05, 0) is 32.9 Å². The van der Waals surface area contributed by atoms with Crippen LogP contribution in [0, 0.1) is 10.1 Å². The summed E-state index contributed by atoms with van der Waals surface area (Å²) in [6.07, 6.45) is 0.731. The van der Waals surface area contributed by atoms with Crippen LogP contribution in [0.4, 0.5) is 5.00 Å². The van der Waals surface area contributed by atoms with Crippen molar-refractivity contribution in [3.8, 4) is 0 Å². The van der Waals surface area contributed by atoms with Crippen molar-refractivity contribution in [2.45, 2.75) is 39.3 Å². The summed E-state index contributed by atoms with van der Waals surface area (Å²) in [5.74, 6) is -0.796. The molecule has 6 nitrogen and oxygen atoms in total. The Morgan fingerprint density at radius 1 is 1.53 bits per heavy atom. The van der Waals surface area contributed by atoms with Crippen molar-refractivity contribution in [3.63, 3.8) is 0 Å². The summed E-state index contributed by atoms with van der Waals surface area (Å²) in [6, 6.07) is 3.54. The standard InChI is InChI=1S/C12H18N2O4S/c1-9(2)13(7-3-4-12(15)16)8-10-5-6-11(19-10)14(17)18/h5-6,9H,3-4,7-8H2,1-2H3,(H,15,16). The predicted molar refractivity (Wildman–Crippen MR) is 73.4 cm³/mol. The minimum Gasteiger partial charge on any atom is -0.481 e. The molecule has 0 atom stereocenters. The maximum Gasteiger partial charge on any atom is 0.324 e. The number of aliphatic carboxylic acids is 1. The van der Waals surface area contributed by atoms with Crippen LogP contribution < -0.4 is 0 Å². The molecule has 0 saturated heterocycles. The maximum absolute atomic E-state index is 10.6. The molecular formula is C12H18N2O4S. The van der Waals surface area contributed by atoms with Crippen LogP contribution in [0.25, 0.3) is 0 Å². The van der Waals surface area contributed by atoms with Gasteiger partial charge in [0.2, 0.25) is 0 Å². The summed E-state index contributed by atoms with van der Waals surface area (Å²) in [5.41, 5.74) is 0. The van der Waals surface area contributed by atoms with E-state index in [1.54, 1.807) is 6.07 Å². The number of carbonyl (C=O) groups is 1. The maximum atomic E-state index is 10.6. The lowest BCUT2D eigenvalue weighted by Gasteiger charge is -2.25. The highest BCUT2D eigenvalue weighted by atomic mass is 32.1. The fraction of sp³-hybridized carbons (Fsp3) is 0.583. The van der Waals surface area contributed by atoms with Crippen LogP contribution in [0.1, 0.15) is 31.6 Å². The smallest absolute Gasteiger partial charge is 0.324 e. The van der Waals surface area contributed by atoms with Crippen molar-refractivity contribution in [1.82, 2.24) is 4.90 Å². The van der Waals surface area contributed by atoms with Crippen molar-refractivity contribution in [2.75, 3.05) is 6.54 Å². The van der Waals surface area contributed by atoms with E-state index in [0.29, 0.717) is 19.5 Å². The predicted octanol–water partition coefficient (Wildman–Crippen LogP) is 2.73. The van der Waals surface area contributed by atoms with Gasteiger partial charge < -0.3 is 5.11 Å². The number of carboxylic acids is 1. The Morgan fingerprint density at radius 3 is 2.68 bits per heavy atom. The molecule has 19 heavy (non-hydrogen) atoms. The van der Waals surface area contributed by atoms with Gasteiger partial charge in [0.15, 0.2) is 0 Å². The minimum absolute atomic E-state index is 0.143. The fourth-order valence-corrected chi connectivity index (χ4v) is 2.55. The first kappa shape index (κ1) is 15.6. The average molecular weight is 286 g/mol. The SMILES string of the molecule is CC(C)N(CCCC(=O)O)Cc1ccc([N+](=O)[O-])s1. The van der Waals surface area contributed by atoms with Crippen LogP contribution in [0.15, 0.2) is 12.1 Å². The van der Waals surface area contributed by atoms with Gasteiger partial charge in [0.05, 0.1) is 4.92 Å². The Hall–Kier alpha value is -1.47. The molecule has 0 unspecified atom stereocenters. The van der Waals surface area contributed by atoms with E-state index < -0.39 is 10.9 Å². The molecule has 0 aliphatic heterocycles. The number of hydrogen-bond acceptors (Lipinski definition) is 5. The topological polar surface area (TPSA) is 83.7 Å². The van der Waals surface area contributed by atoms with Gasteiger partial charge in [-0.25, -0.2) is 0 Å². The van der Waals surface area contributed by atoms with Crippen LogP contribution in [-0.4, -0.2) is 33.5 Å². The third-order valence-corrected chi connectivity index (χ3v) is 3.77. The van der Waals surface area contributed by atoms with E-state index in [1.165, 1.54) is 17.4 Å². The van der Waals surface area contributed by atoms with Crippen LogP contribution in [0.5, 0.6) is 0 Å². The monoisotopic (exact) mass is 286 g/mol. The van der Waals surface area contributed by atoms with Crippen LogP contribution in [-0.2, 0) is 11.3 Å². The van der Waals surface area contributed by atoms with E-state index >= 15 is 0 Å². The van der Waals surface area contributed by atoms with Crippen molar-refractivity contribution in [2.24, 2.45) is 0 Å². The van der Waals surface area contributed by atoms with Gasteiger partial charge >= 0.3 is 11.0 Å². The van der Waals surface area contributed by atoms with E-state index in [0.717, 1.165) is 4.88 Å². The molecule has 106 valence electrons. The van der Waals surface area contributed by atoms with Crippen molar-refractivity contribution in [3.05, 3.63) is 27.1 Å². The lowest BCUT2D eigenvalue weighted by Crippen LogP contribution is -2.31. The summed E-state index contributed by atoms with van der Waals surface area (Å²) in [6.45, 7) is 5.36. The molecule has 1 N–H and O–H groups in total. The quantitative estimate of drug-likeness (QED) is 0.586. The van der Waals surface area contributed by atoms with Gasteiger partial charge in [-0.1, -0.05) is 11.3 Å². The van der Waals surface area contributed by atoms with Crippen LogP contribution in [0.3, 0.4) is 0 Å². The normalized spacial score (nSPS) is 11.2. The van der Waals surface area contributed by atoms with E-state index in [1.807, 2.05) is 13.8 Å². The molecule has 0 amide bonds. The number of hydrogen-bond donors (Lipinski definition) is 1. The van der Waals surface area contributed by atoms with Gasteiger partial charge in [0.1, 0.15) is 0 Å². The third kappa shape index (κ3) is 5.35. The molecule has 1 rings (SSSR count). The molecule has 0 fully saturated rings. The molecular weight excluding hydrogens is 268 g/mol. The summed E-state index contributed by atoms with van der Waals surface area (Å²) in [4.78, 5) is 23.8. The first-order valence-corrected chi connectivity index (χ1v) is 6.90. The zero-order chi connectivity index (χ0) is 14.4. The second-order valence-corrected chi connectivity index (χ2v) is 5.71. The molecule has 0 aliphatic rings. The number of rotatable bonds is 8. The fourth-order valence-electron chi connectivity index (χ4n) is 1.70. The molecule has 0 aliphatic carbocycles. The highest BCUT2D eigenvalue weighted by molar-refractivity contribution is 7.15. The van der Waals surface area contributed by atoms with Crippen LogP contribution >= 0.6 is 11.3 Å². The Kier molecular flexibility index (Phi) is 5.91. The number of carboxylic acid groups (broad SMARTS) is 1. The molecule has 1 heterocycles. The summed E-state index contributed by atoms with van der Waals surface area (Å²) >= 11 is 1.17. The molecule has 1 aromatic rings. The Bertz CT molecular complexity index is 445. The number of nitro groups is 1. The molecule has 0 spiro atoms. The molecule has 0 radical (unpaired) electrons. The average Bonchev–Trinajstić information content (AvgIpc) is 2.75. The second-order valence-electron chi connectivity index (χ2n) is 4.56. The molecule has 0 saturated carbocycles. The van der Waals surface area contributed by atoms with Gasteiger partial charge in [-0.3, -0.25) is 19.8 Å². The van der Waals surface area contributed by atoms with Crippen LogP contribution in [0.2, 0.25) is 0 Å². The van der Waals surface area contributed by atoms with Gasteiger partial charge in [0.25, 0.3) is 0 Å². The van der Waals surface area contributed by atoms with Crippen molar-refractivity contribution >= 4 is 22.3 Å². The Morgan fingerprint density at radius 2 is 2.21 bits per heavy atom. The highest BCUT2D eigenvalue weighted by Crippen LogP contribution is 2.25. The van der Waals surface area contributed by atoms with E-state index in [4.69, 9.17) is 5.11 Å². The summed E-state index contributed by atoms with van der Waals surface area (Å²) in [5, 5.41) is 19.4. The van der Waals surface area contributed by atoms with Gasteiger partial charge in [0, 0.05) is 30.0 Å². The van der Waals surface area contributed by atoms with Crippen molar-refractivity contribution in [1.29, 1.82) is 0 Å². The zero-order valence-electron chi connectivity index (χ0n) is 11.0. The molecule has 0 aromatic carbocycles. The lowest BCUT2D eigenvalue weighted by atomic mass is 10.2. The largest absolute Gasteiger partial charge is 0.481 e. The van der Waals surface area contributed by atoms with E-state index in [2.05, 4.69) is 4.90 Å². The molecule has 7 heteroatoms. The minimum atomic E-state index is -0.796. The second kappa shape index (κ2) is 7.20. The first-order valence-electron chi connectivity index (χ1n) is 6.09. The third-order valence-electron chi connectivity index (χ3n) is 2.75. The Balaban J connectivity index is 2.56. The lowest BCUT2D eigenvalue weighted by molar-refractivity contribution is -0.380. The summed E-state index contributed by atoms with van der Waals surface area (Å²) < 4.78 is 0. The Labute approximate surface area is 115 Å².